The fourth-order valence-corrected chi connectivity index (χ4v) is 3.59. The summed E-state index contributed by atoms with van der Waals surface area (Å²) >= 11 is 5.15. The highest BCUT2D eigenvalue weighted by atomic mass is 79.9. The van der Waals surface area contributed by atoms with E-state index in [1.807, 2.05) is 18.2 Å². The second-order valence-electron chi connectivity index (χ2n) is 4.18. The van der Waals surface area contributed by atoms with Gasteiger partial charge in [0.15, 0.2) is 0 Å². The van der Waals surface area contributed by atoms with Crippen LogP contribution in [0.2, 0.25) is 0 Å². The van der Waals surface area contributed by atoms with Gasteiger partial charge in [0.2, 0.25) is 0 Å². The first-order chi connectivity index (χ1) is 9.19. The molecule has 1 aromatic carbocycles. The highest BCUT2D eigenvalue weighted by Gasteiger charge is 2.18. The molecule has 4 nitrogen and oxygen atoms in total. The first-order valence-corrected chi connectivity index (χ1v) is 7.67. The van der Waals surface area contributed by atoms with E-state index in [9.17, 15) is 4.79 Å². The number of thioether (sulfide) groups is 1. The third kappa shape index (κ3) is 2.30. The Kier molecular flexibility index (Phi) is 3.36. The molecule has 0 spiro atoms. The first-order valence-electron chi connectivity index (χ1n) is 5.73. The van der Waals surface area contributed by atoms with Crippen LogP contribution in [0.15, 0.2) is 27.5 Å². The molecule has 2 aromatic rings. The van der Waals surface area contributed by atoms with Crippen LogP contribution in [-0.2, 0) is 11.5 Å². The van der Waals surface area contributed by atoms with Gasteiger partial charge in [-0.1, -0.05) is 0 Å². The fourth-order valence-electron chi connectivity index (χ4n) is 2.01. The molecule has 0 unspecified atom stereocenters. The highest BCUT2D eigenvalue weighted by molar-refractivity contribution is 9.10. The standard InChI is InChI=1S/C13H11BrN2O2S/c1-18-11-3-2-7(4-9(11)14)12-15-10-6-19-5-8(10)13(17)16-12/h2-4H,5-6H2,1H3,(H,15,16,17). The summed E-state index contributed by atoms with van der Waals surface area (Å²) in [5.74, 6) is 2.92. The summed E-state index contributed by atoms with van der Waals surface area (Å²) in [5.41, 5.74) is 2.54. The van der Waals surface area contributed by atoms with Crippen LogP contribution in [0.1, 0.15) is 11.3 Å². The lowest BCUT2D eigenvalue weighted by atomic mass is 10.2. The number of aromatic amines is 1. The number of benzene rings is 1. The molecule has 0 atom stereocenters. The highest BCUT2D eigenvalue weighted by Crippen LogP contribution is 2.30. The van der Waals surface area contributed by atoms with Gasteiger partial charge in [-0.3, -0.25) is 4.79 Å². The molecule has 2 heterocycles. The molecular formula is C13H11BrN2O2S. The third-order valence-corrected chi connectivity index (χ3v) is 4.60. The molecule has 0 aliphatic carbocycles. The van der Waals surface area contributed by atoms with Crippen molar-refractivity contribution in [3.63, 3.8) is 0 Å². The van der Waals surface area contributed by atoms with Crippen molar-refractivity contribution < 1.29 is 4.74 Å². The minimum absolute atomic E-state index is 0.0306. The van der Waals surface area contributed by atoms with E-state index in [1.165, 1.54) is 0 Å². The number of hydrogen-bond donors (Lipinski definition) is 1. The van der Waals surface area contributed by atoms with Crippen molar-refractivity contribution >= 4 is 27.7 Å². The zero-order chi connectivity index (χ0) is 13.4. The van der Waals surface area contributed by atoms with Crippen LogP contribution in [0.25, 0.3) is 11.4 Å². The summed E-state index contributed by atoms with van der Waals surface area (Å²) in [4.78, 5) is 19.4. The van der Waals surface area contributed by atoms with E-state index < -0.39 is 0 Å². The second-order valence-corrected chi connectivity index (χ2v) is 6.02. The smallest absolute Gasteiger partial charge is 0.255 e. The largest absolute Gasteiger partial charge is 0.496 e. The van der Waals surface area contributed by atoms with Crippen molar-refractivity contribution in [1.29, 1.82) is 0 Å². The Morgan fingerprint density at radius 2 is 2.26 bits per heavy atom. The maximum atomic E-state index is 12.0. The molecule has 1 aliphatic rings. The average Bonchev–Trinajstić information content (AvgIpc) is 2.87. The van der Waals surface area contributed by atoms with Crippen molar-refractivity contribution in [3.8, 4) is 17.1 Å². The number of halogens is 1. The van der Waals surface area contributed by atoms with Crippen molar-refractivity contribution in [3.05, 3.63) is 44.3 Å². The number of rotatable bonds is 2. The van der Waals surface area contributed by atoms with Gasteiger partial charge in [-0.2, -0.15) is 11.8 Å². The number of nitrogens with zero attached hydrogens (tertiary/aromatic N) is 1. The molecule has 98 valence electrons. The molecule has 0 saturated heterocycles. The van der Waals surface area contributed by atoms with Crippen LogP contribution in [0.4, 0.5) is 0 Å². The number of nitrogens with one attached hydrogen (secondary N) is 1. The van der Waals surface area contributed by atoms with Gasteiger partial charge in [-0.05, 0) is 34.1 Å². The Morgan fingerprint density at radius 1 is 1.42 bits per heavy atom. The summed E-state index contributed by atoms with van der Waals surface area (Å²) in [7, 11) is 1.62. The van der Waals surface area contributed by atoms with Gasteiger partial charge in [0.1, 0.15) is 11.6 Å². The molecule has 1 N–H and O–H groups in total. The van der Waals surface area contributed by atoms with Crippen LogP contribution >= 0.6 is 27.7 Å². The second kappa shape index (κ2) is 5.02. The van der Waals surface area contributed by atoms with Crippen molar-refractivity contribution in [2.24, 2.45) is 0 Å². The van der Waals surface area contributed by atoms with Crippen LogP contribution in [-0.4, -0.2) is 17.1 Å². The lowest BCUT2D eigenvalue weighted by Gasteiger charge is -2.07. The van der Waals surface area contributed by atoms with Crippen LogP contribution in [0.5, 0.6) is 5.75 Å². The Hall–Kier alpha value is -1.27. The lowest BCUT2D eigenvalue weighted by molar-refractivity contribution is 0.412. The van der Waals surface area contributed by atoms with E-state index in [0.717, 1.165) is 38.5 Å². The molecule has 0 radical (unpaired) electrons. The summed E-state index contributed by atoms with van der Waals surface area (Å²) in [5, 5.41) is 0. The third-order valence-electron chi connectivity index (χ3n) is 3.01. The zero-order valence-corrected chi connectivity index (χ0v) is 12.6. The van der Waals surface area contributed by atoms with Gasteiger partial charge < -0.3 is 9.72 Å². The van der Waals surface area contributed by atoms with Crippen LogP contribution in [0.3, 0.4) is 0 Å². The van der Waals surface area contributed by atoms with E-state index in [0.29, 0.717) is 5.82 Å². The first kappa shape index (κ1) is 12.7. The summed E-state index contributed by atoms with van der Waals surface area (Å²) < 4.78 is 6.03. The Balaban J connectivity index is 2.10. The normalized spacial score (nSPS) is 13.4. The minimum atomic E-state index is -0.0306. The molecule has 6 heteroatoms. The van der Waals surface area contributed by atoms with Crippen molar-refractivity contribution in [1.82, 2.24) is 9.97 Å². The number of methoxy groups -OCH3 is 1. The Morgan fingerprint density at radius 3 is 3.00 bits per heavy atom. The van der Waals surface area contributed by atoms with Gasteiger partial charge in [0, 0.05) is 22.6 Å². The molecule has 1 aliphatic heterocycles. The number of aromatic nitrogens is 2. The maximum absolute atomic E-state index is 12.0. The van der Waals surface area contributed by atoms with Gasteiger partial charge in [-0.25, -0.2) is 4.98 Å². The summed E-state index contributed by atoms with van der Waals surface area (Å²) in [6, 6.07) is 5.63. The van der Waals surface area contributed by atoms with Crippen molar-refractivity contribution in [2.45, 2.75) is 11.5 Å². The predicted octanol–water partition coefficient (Wildman–Crippen LogP) is 2.95. The molecule has 1 aromatic heterocycles. The average molecular weight is 339 g/mol. The molecule has 3 rings (SSSR count). The van der Waals surface area contributed by atoms with E-state index in [4.69, 9.17) is 4.74 Å². The van der Waals surface area contributed by atoms with E-state index >= 15 is 0 Å². The maximum Gasteiger partial charge on any atom is 0.255 e. The number of fused-ring (bicyclic) bond motifs is 1. The number of hydrogen-bond acceptors (Lipinski definition) is 4. The predicted molar refractivity (Wildman–Crippen MR) is 79.5 cm³/mol. The Bertz CT molecular complexity index is 700. The zero-order valence-electron chi connectivity index (χ0n) is 10.2. The molecule has 0 saturated carbocycles. The molecule has 19 heavy (non-hydrogen) atoms. The quantitative estimate of drug-likeness (QED) is 0.914. The molecular weight excluding hydrogens is 328 g/mol. The van der Waals surface area contributed by atoms with E-state index in [1.54, 1.807) is 18.9 Å². The van der Waals surface area contributed by atoms with Crippen LogP contribution in [0, 0.1) is 0 Å². The SMILES string of the molecule is COc1ccc(-c2nc3c(c(=O)[nH]2)CSC3)cc1Br. The van der Waals surface area contributed by atoms with Gasteiger partial charge in [0.05, 0.1) is 17.3 Å². The molecule has 0 fully saturated rings. The summed E-state index contributed by atoms with van der Waals surface area (Å²) in [6.07, 6.45) is 0. The molecule has 0 amide bonds. The minimum Gasteiger partial charge on any atom is -0.496 e. The monoisotopic (exact) mass is 338 g/mol. The van der Waals surface area contributed by atoms with E-state index in [-0.39, 0.29) is 5.56 Å². The summed E-state index contributed by atoms with van der Waals surface area (Å²) in [6.45, 7) is 0. The molecule has 0 bridgehead atoms. The Labute approximate surface area is 122 Å². The van der Waals surface area contributed by atoms with Gasteiger partial charge >= 0.3 is 0 Å². The number of H-pyrrole nitrogens is 1. The van der Waals surface area contributed by atoms with Gasteiger partial charge in [0.25, 0.3) is 5.56 Å². The number of ether oxygens (including phenoxy) is 1. The van der Waals surface area contributed by atoms with Crippen LogP contribution < -0.4 is 10.3 Å². The lowest BCUT2D eigenvalue weighted by Crippen LogP contribution is -2.15. The topological polar surface area (TPSA) is 55.0 Å². The van der Waals surface area contributed by atoms with Gasteiger partial charge in [-0.15, -0.1) is 0 Å². The fraction of sp³-hybridized carbons (Fsp3) is 0.231. The van der Waals surface area contributed by atoms with Crippen molar-refractivity contribution in [2.75, 3.05) is 7.11 Å². The van der Waals surface area contributed by atoms with E-state index in [2.05, 4.69) is 25.9 Å².